The van der Waals surface area contributed by atoms with Crippen molar-refractivity contribution in [3.8, 4) is 0 Å². The maximum Gasteiger partial charge on any atom is 0.225 e. The van der Waals surface area contributed by atoms with Crippen molar-refractivity contribution in [3.63, 3.8) is 0 Å². The standard InChI is InChI=1S/C19H31NO/c1-14(2)13-20(19(21)18-9-10-18)11-5-6-17-8-7-15(3)12-16(17)4/h5-6,12,14,16-18H,7-11,13H2,1-4H3/b6-5+. The summed E-state index contributed by atoms with van der Waals surface area (Å²) in [5.74, 6) is 2.52. The van der Waals surface area contributed by atoms with Crippen molar-refractivity contribution >= 4 is 5.91 Å². The largest absolute Gasteiger partial charge is 0.338 e. The average Bonchev–Trinajstić information content (AvgIpc) is 3.23. The van der Waals surface area contributed by atoms with Crippen molar-refractivity contribution in [2.45, 2.75) is 53.4 Å². The van der Waals surface area contributed by atoms with E-state index in [1.807, 2.05) is 0 Å². The highest BCUT2D eigenvalue weighted by atomic mass is 16.2. The molecule has 0 bridgehead atoms. The Kier molecular flexibility index (Phi) is 5.66. The molecule has 0 aromatic rings. The Morgan fingerprint density at radius 2 is 2.10 bits per heavy atom. The maximum absolute atomic E-state index is 12.3. The number of hydrogen-bond acceptors (Lipinski definition) is 1. The smallest absolute Gasteiger partial charge is 0.225 e. The third-order valence-corrected chi connectivity index (χ3v) is 4.63. The summed E-state index contributed by atoms with van der Waals surface area (Å²) in [7, 11) is 0. The molecule has 2 rings (SSSR count). The second-order valence-electron chi connectivity index (χ2n) is 7.41. The third kappa shape index (κ3) is 5.01. The minimum Gasteiger partial charge on any atom is -0.338 e. The van der Waals surface area contributed by atoms with Gasteiger partial charge in [0.15, 0.2) is 0 Å². The first kappa shape index (κ1) is 16.3. The lowest BCUT2D eigenvalue weighted by molar-refractivity contribution is -0.132. The minimum absolute atomic E-state index is 0.330. The summed E-state index contributed by atoms with van der Waals surface area (Å²) in [6.07, 6.45) is 11.7. The van der Waals surface area contributed by atoms with E-state index in [1.54, 1.807) is 0 Å². The Morgan fingerprint density at radius 1 is 1.38 bits per heavy atom. The highest BCUT2D eigenvalue weighted by molar-refractivity contribution is 5.81. The van der Waals surface area contributed by atoms with Crippen LogP contribution in [0.3, 0.4) is 0 Å². The topological polar surface area (TPSA) is 20.3 Å². The van der Waals surface area contributed by atoms with Crippen molar-refractivity contribution in [1.29, 1.82) is 0 Å². The van der Waals surface area contributed by atoms with Gasteiger partial charge >= 0.3 is 0 Å². The summed E-state index contributed by atoms with van der Waals surface area (Å²) in [6.45, 7) is 10.6. The monoisotopic (exact) mass is 289 g/mol. The molecule has 0 aromatic heterocycles. The lowest BCUT2D eigenvalue weighted by Crippen LogP contribution is -2.35. The maximum atomic E-state index is 12.3. The van der Waals surface area contributed by atoms with Crippen LogP contribution in [0.2, 0.25) is 0 Å². The van der Waals surface area contributed by atoms with Crippen LogP contribution in [0.1, 0.15) is 53.4 Å². The molecule has 0 aliphatic heterocycles. The highest BCUT2D eigenvalue weighted by Crippen LogP contribution is 2.32. The molecular formula is C19H31NO. The zero-order valence-corrected chi connectivity index (χ0v) is 14.1. The van der Waals surface area contributed by atoms with Gasteiger partial charge in [0.05, 0.1) is 0 Å². The summed E-state index contributed by atoms with van der Waals surface area (Å²) >= 11 is 0. The Balaban J connectivity index is 1.88. The van der Waals surface area contributed by atoms with Crippen LogP contribution >= 0.6 is 0 Å². The van der Waals surface area contributed by atoms with Crippen LogP contribution in [-0.4, -0.2) is 23.9 Å². The molecule has 1 saturated carbocycles. The fourth-order valence-corrected chi connectivity index (χ4v) is 3.23. The van der Waals surface area contributed by atoms with E-state index in [9.17, 15) is 4.79 Å². The summed E-state index contributed by atoms with van der Waals surface area (Å²) in [5.41, 5.74) is 1.53. The van der Waals surface area contributed by atoms with Gasteiger partial charge in [0, 0.05) is 19.0 Å². The Morgan fingerprint density at radius 3 is 2.67 bits per heavy atom. The van der Waals surface area contributed by atoms with Gasteiger partial charge in [0.2, 0.25) is 5.91 Å². The molecule has 0 radical (unpaired) electrons. The summed E-state index contributed by atoms with van der Waals surface area (Å²) in [4.78, 5) is 14.4. The molecule has 0 heterocycles. The highest BCUT2D eigenvalue weighted by Gasteiger charge is 2.33. The first-order valence-electron chi connectivity index (χ1n) is 8.60. The lowest BCUT2D eigenvalue weighted by Gasteiger charge is -2.26. The molecule has 2 nitrogen and oxygen atoms in total. The number of carbonyl (C=O) groups excluding carboxylic acids is 1. The molecule has 1 amide bonds. The number of nitrogens with zero attached hydrogens (tertiary/aromatic N) is 1. The average molecular weight is 289 g/mol. The molecule has 0 saturated heterocycles. The van der Waals surface area contributed by atoms with Gasteiger partial charge in [-0.15, -0.1) is 0 Å². The van der Waals surface area contributed by atoms with E-state index in [-0.39, 0.29) is 0 Å². The van der Waals surface area contributed by atoms with Crippen molar-refractivity contribution in [2.75, 3.05) is 13.1 Å². The van der Waals surface area contributed by atoms with Crippen molar-refractivity contribution in [1.82, 2.24) is 4.90 Å². The van der Waals surface area contributed by atoms with E-state index in [4.69, 9.17) is 0 Å². The number of carbonyl (C=O) groups is 1. The Hall–Kier alpha value is -1.05. The van der Waals surface area contributed by atoms with Gasteiger partial charge in [0.25, 0.3) is 0 Å². The van der Waals surface area contributed by atoms with Crippen LogP contribution in [0.5, 0.6) is 0 Å². The molecule has 0 spiro atoms. The zero-order chi connectivity index (χ0) is 15.4. The fourth-order valence-electron chi connectivity index (χ4n) is 3.23. The van der Waals surface area contributed by atoms with Crippen LogP contribution in [0.25, 0.3) is 0 Å². The van der Waals surface area contributed by atoms with E-state index in [2.05, 4.69) is 50.8 Å². The van der Waals surface area contributed by atoms with Gasteiger partial charge in [-0.05, 0) is 50.4 Å². The van der Waals surface area contributed by atoms with Gasteiger partial charge in [0.1, 0.15) is 0 Å². The van der Waals surface area contributed by atoms with Gasteiger partial charge in [-0.2, -0.15) is 0 Å². The second-order valence-corrected chi connectivity index (χ2v) is 7.41. The molecule has 2 heteroatoms. The van der Waals surface area contributed by atoms with Crippen LogP contribution in [0.15, 0.2) is 23.8 Å². The lowest BCUT2D eigenvalue weighted by atomic mass is 9.82. The van der Waals surface area contributed by atoms with Gasteiger partial charge in [-0.25, -0.2) is 0 Å². The number of hydrogen-bond donors (Lipinski definition) is 0. The van der Waals surface area contributed by atoms with Crippen molar-refractivity contribution in [2.24, 2.45) is 23.7 Å². The van der Waals surface area contributed by atoms with Gasteiger partial charge in [-0.3, -0.25) is 4.79 Å². The molecule has 2 aliphatic rings. The van der Waals surface area contributed by atoms with Crippen LogP contribution in [0, 0.1) is 23.7 Å². The van der Waals surface area contributed by atoms with E-state index in [0.29, 0.717) is 29.6 Å². The molecule has 2 unspecified atom stereocenters. The van der Waals surface area contributed by atoms with Crippen LogP contribution in [-0.2, 0) is 4.79 Å². The fraction of sp³-hybridized carbons (Fsp3) is 0.737. The molecule has 118 valence electrons. The SMILES string of the molecule is CC1=CC(C)C(/C=C/CN(CC(C)C)C(=O)C2CC2)CC1. The van der Waals surface area contributed by atoms with E-state index in [1.165, 1.54) is 18.4 Å². The van der Waals surface area contributed by atoms with E-state index in [0.717, 1.165) is 25.9 Å². The van der Waals surface area contributed by atoms with E-state index >= 15 is 0 Å². The number of allylic oxidation sites excluding steroid dienone is 3. The molecule has 2 aliphatic carbocycles. The first-order chi connectivity index (χ1) is 9.97. The number of amides is 1. The quantitative estimate of drug-likeness (QED) is 0.662. The molecule has 2 atom stereocenters. The summed E-state index contributed by atoms with van der Waals surface area (Å²) in [6, 6.07) is 0. The Bertz CT molecular complexity index is 417. The normalized spacial score (nSPS) is 26.2. The second kappa shape index (κ2) is 7.29. The minimum atomic E-state index is 0.330. The zero-order valence-electron chi connectivity index (χ0n) is 14.1. The molecule has 21 heavy (non-hydrogen) atoms. The number of rotatable bonds is 6. The summed E-state index contributed by atoms with van der Waals surface area (Å²) in [5, 5.41) is 0. The molecular weight excluding hydrogens is 258 g/mol. The van der Waals surface area contributed by atoms with Crippen molar-refractivity contribution in [3.05, 3.63) is 23.8 Å². The molecule has 0 aromatic carbocycles. The van der Waals surface area contributed by atoms with Crippen LogP contribution in [0.4, 0.5) is 0 Å². The van der Waals surface area contributed by atoms with Crippen molar-refractivity contribution < 1.29 is 4.79 Å². The Labute approximate surface area is 130 Å². The predicted octanol–water partition coefficient (Wildman–Crippen LogP) is 4.43. The summed E-state index contributed by atoms with van der Waals surface area (Å²) < 4.78 is 0. The van der Waals surface area contributed by atoms with Gasteiger partial charge in [-0.1, -0.05) is 44.6 Å². The van der Waals surface area contributed by atoms with Crippen LogP contribution < -0.4 is 0 Å². The first-order valence-corrected chi connectivity index (χ1v) is 8.60. The molecule has 0 N–H and O–H groups in total. The predicted molar refractivity (Wildman–Crippen MR) is 88.9 cm³/mol. The third-order valence-electron chi connectivity index (χ3n) is 4.63. The van der Waals surface area contributed by atoms with Gasteiger partial charge < -0.3 is 4.90 Å². The van der Waals surface area contributed by atoms with E-state index < -0.39 is 0 Å². The molecule has 1 fully saturated rings.